The molecular weight excluding hydrogens is 324 g/mol. The van der Waals surface area contributed by atoms with Gasteiger partial charge in [-0.25, -0.2) is 14.6 Å². The van der Waals surface area contributed by atoms with Gasteiger partial charge in [0, 0.05) is 12.5 Å². The van der Waals surface area contributed by atoms with Gasteiger partial charge in [0.15, 0.2) is 0 Å². The fourth-order valence-electron chi connectivity index (χ4n) is 2.54. The molecule has 23 heavy (non-hydrogen) atoms. The van der Waals surface area contributed by atoms with Crippen LogP contribution in [0, 0.1) is 5.92 Å². The Bertz CT molecular complexity index is 557. The van der Waals surface area contributed by atoms with Gasteiger partial charge >= 0.3 is 17.1 Å². The molecule has 0 spiro atoms. The lowest BCUT2D eigenvalue weighted by Crippen LogP contribution is -2.53. The minimum absolute atomic E-state index is 0.142. The average molecular weight is 345 g/mol. The highest BCUT2D eigenvalue weighted by Gasteiger charge is 2.45. The summed E-state index contributed by atoms with van der Waals surface area (Å²) in [6.07, 6.45) is 2.26. The van der Waals surface area contributed by atoms with E-state index in [1.165, 1.54) is 0 Å². The van der Waals surface area contributed by atoms with Crippen LogP contribution in [0.15, 0.2) is 16.4 Å². The molecule has 2 aliphatic heterocycles. The largest absolute Gasteiger partial charge is 0.477 e. The Morgan fingerprint density at radius 1 is 1.57 bits per heavy atom. The van der Waals surface area contributed by atoms with E-state index in [4.69, 9.17) is 22.1 Å². The molecule has 0 bridgehead atoms. The summed E-state index contributed by atoms with van der Waals surface area (Å²) in [5, 5.41) is 13.1. The number of halogens is 1. The third kappa shape index (κ3) is 3.76. The maximum Gasteiger partial charge on any atom is 0.371 e. The number of carbonyl (C=O) groups excluding carboxylic acids is 1. The topological polar surface area (TPSA) is 126 Å². The number of nitrogens with two attached hydrogens (primary N) is 1. The van der Waals surface area contributed by atoms with Crippen molar-refractivity contribution >= 4 is 29.3 Å². The zero-order chi connectivity index (χ0) is 17.0. The second kappa shape index (κ2) is 7.18. The van der Waals surface area contributed by atoms with Crippen LogP contribution in [0.5, 0.6) is 0 Å². The molecule has 2 heterocycles. The van der Waals surface area contributed by atoms with Crippen LogP contribution < -0.4 is 16.4 Å². The van der Waals surface area contributed by atoms with Gasteiger partial charge in [0.25, 0.3) is 0 Å². The first-order chi connectivity index (χ1) is 10.9. The smallest absolute Gasteiger partial charge is 0.371 e. The van der Waals surface area contributed by atoms with Crippen molar-refractivity contribution in [2.24, 2.45) is 16.6 Å². The first-order valence-corrected chi connectivity index (χ1v) is 7.95. The summed E-state index contributed by atoms with van der Waals surface area (Å²) in [5.74, 6) is -2.35. The number of nitrogens with zero attached hydrogens (tertiary/aromatic N) is 1. The Morgan fingerprint density at radius 2 is 2.30 bits per heavy atom. The molecule has 0 aliphatic carbocycles. The van der Waals surface area contributed by atoms with E-state index < -0.39 is 17.1 Å². The second-order valence-electron chi connectivity index (χ2n) is 5.52. The molecule has 2 aliphatic rings. The highest BCUT2D eigenvalue weighted by molar-refractivity contribution is 6.36. The van der Waals surface area contributed by atoms with Crippen LogP contribution in [-0.2, 0) is 14.3 Å². The Balaban J connectivity index is 2.29. The van der Waals surface area contributed by atoms with E-state index >= 15 is 0 Å². The maximum atomic E-state index is 12.2. The van der Waals surface area contributed by atoms with E-state index in [1.807, 2.05) is 6.92 Å². The van der Waals surface area contributed by atoms with E-state index in [9.17, 15) is 14.7 Å². The lowest BCUT2D eigenvalue weighted by molar-refractivity contribution is -0.147. The van der Waals surface area contributed by atoms with Crippen LogP contribution >= 0.6 is 11.6 Å². The molecule has 0 aromatic rings. The van der Waals surface area contributed by atoms with Crippen LogP contribution in [-0.4, -0.2) is 47.6 Å². The van der Waals surface area contributed by atoms with Gasteiger partial charge in [0.1, 0.15) is 11.4 Å². The minimum atomic E-state index is -1.92. The van der Waals surface area contributed by atoms with Crippen LogP contribution in [0.25, 0.3) is 0 Å². The third-order valence-electron chi connectivity index (χ3n) is 3.76. The van der Waals surface area contributed by atoms with Crippen LogP contribution in [0.4, 0.5) is 0 Å². The summed E-state index contributed by atoms with van der Waals surface area (Å²) in [6.45, 7) is 3.48. The van der Waals surface area contributed by atoms with Gasteiger partial charge in [-0.3, -0.25) is 0 Å². The van der Waals surface area contributed by atoms with Crippen molar-refractivity contribution in [1.29, 1.82) is 0 Å². The summed E-state index contributed by atoms with van der Waals surface area (Å²) in [4.78, 5) is 27.9. The standard InChI is InChI=1S/C14H21ClN4O4/c1-2-3-6-23-13(22)14(15)18-10(8-4-5-17-7-8)9(12(20)21)11(16)19-14/h8,17,19H,2-7,16H2,1H3,(H,20,21). The van der Waals surface area contributed by atoms with Crippen molar-refractivity contribution in [3.63, 3.8) is 0 Å². The number of nitrogens with one attached hydrogen (secondary N) is 2. The molecule has 1 fully saturated rings. The number of carboxylic acids is 1. The van der Waals surface area contributed by atoms with Crippen LogP contribution in [0.2, 0.25) is 0 Å². The highest BCUT2D eigenvalue weighted by Crippen LogP contribution is 2.28. The van der Waals surface area contributed by atoms with Gasteiger partial charge in [-0.1, -0.05) is 24.9 Å². The Labute approximate surface area is 139 Å². The number of alkyl halides is 1. The molecule has 2 atom stereocenters. The lowest BCUT2D eigenvalue weighted by Gasteiger charge is -2.31. The fourth-order valence-corrected chi connectivity index (χ4v) is 2.79. The number of carbonyl (C=O) groups is 2. The van der Waals surface area contributed by atoms with Crippen molar-refractivity contribution in [1.82, 2.24) is 10.6 Å². The third-order valence-corrected chi connectivity index (χ3v) is 4.10. The van der Waals surface area contributed by atoms with Gasteiger partial charge in [-0.2, -0.15) is 0 Å². The number of aliphatic imine (C=N–C) groups is 1. The molecule has 1 saturated heterocycles. The SMILES string of the molecule is CCCCOC(=O)C1(Cl)N=C(C2CCNC2)C(C(=O)O)=C(N)N1. The summed E-state index contributed by atoms with van der Waals surface area (Å²) in [7, 11) is 0. The van der Waals surface area contributed by atoms with E-state index in [1.54, 1.807) is 0 Å². The molecule has 5 N–H and O–H groups in total. The van der Waals surface area contributed by atoms with E-state index in [2.05, 4.69) is 15.6 Å². The molecule has 0 aromatic heterocycles. The van der Waals surface area contributed by atoms with Gasteiger partial charge < -0.3 is 26.2 Å². The Morgan fingerprint density at radius 3 is 2.87 bits per heavy atom. The molecular formula is C14H21ClN4O4. The van der Waals surface area contributed by atoms with Crippen LogP contribution in [0.3, 0.4) is 0 Å². The fraction of sp³-hybridized carbons (Fsp3) is 0.643. The number of carboxylic acid groups (broad SMARTS) is 1. The van der Waals surface area contributed by atoms with E-state index in [0.29, 0.717) is 19.4 Å². The highest BCUT2D eigenvalue weighted by atomic mass is 35.5. The molecule has 2 unspecified atom stereocenters. The average Bonchev–Trinajstić information content (AvgIpc) is 3.00. The van der Waals surface area contributed by atoms with Gasteiger partial charge in [-0.15, -0.1) is 0 Å². The normalized spacial score (nSPS) is 27.4. The van der Waals surface area contributed by atoms with Crippen molar-refractivity contribution in [3.05, 3.63) is 11.4 Å². The van der Waals surface area contributed by atoms with Crippen molar-refractivity contribution in [3.8, 4) is 0 Å². The number of ether oxygens (including phenoxy) is 1. The first-order valence-electron chi connectivity index (χ1n) is 7.57. The van der Waals surface area contributed by atoms with Crippen molar-refractivity contribution in [2.45, 2.75) is 31.3 Å². The van der Waals surface area contributed by atoms with Gasteiger partial charge in [-0.05, 0) is 19.4 Å². The molecule has 0 radical (unpaired) electrons. The molecule has 9 heteroatoms. The number of hydrogen-bond acceptors (Lipinski definition) is 7. The zero-order valence-corrected chi connectivity index (χ0v) is 13.7. The Kier molecular flexibility index (Phi) is 5.48. The molecule has 0 amide bonds. The number of rotatable bonds is 6. The lowest BCUT2D eigenvalue weighted by atomic mass is 9.94. The number of hydrogen-bond donors (Lipinski definition) is 4. The van der Waals surface area contributed by atoms with E-state index in [-0.39, 0.29) is 29.6 Å². The maximum absolute atomic E-state index is 12.2. The quantitative estimate of drug-likeness (QED) is 0.233. The van der Waals surface area contributed by atoms with Crippen molar-refractivity contribution < 1.29 is 19.4 Å². The monoisotopic (exact) mass is 344 g/mol. The summed E-state index contributed by atoms with van der Waals surface area (Å²) >= 11 is 6.24. The number of aliphatic carboxylic acids is 1. The summed E-state index contributed by atoms with van der Waals surface area (Å²) in [6, 6.07) is 0. The summed E-state index contributed by atoms with van der Waals surface area (Å²) < 4.78 is 5.10. The Hall–Kier alpha value is -1.80. The van der Waals surface area contributed by atoms with E-state index in [0.717, 1.165) is 13.0 Å². The van der Waals surface area contributed by atoms with Gasteiger partial charge in [0.2, 0.25) is 0 Å². The number of esters is 1. The predicted octanol–water partition coefficient (Wildman–Crippen LogP) is 0.131. The molecule has 0 aromatic carbocycles. The predicted molar refractivity (Wildman–Crippen MR) is 84.8 cm³/mol. The summed E-state index contributed by atoms with van der Waals surface area (Å²) in [5.41, 5.74) is 5.88. The molecule has 2 rings (SSSR count). The first kappa shape index (κ1) is 17.6. The molecule has 0 saturated carbocycles. The number of unbranched alkanes of at least 4 members (excludes halogenated alkanes) is 1. The minimum Gasteiger partial charge on any atom is -0.477 e. The van der Waals surface area contributed by atoms with Crippen molar-refractivity contribution in [2.75, 3.05) is 19.7 Å². The van der Waals surface area contributed by atoms with Gasteiger partial charge in [0.05, 0.1) is 12.3 Å². The van der Waals surface area contributed by atoms with Crippen LogP contribution in [0.1, 0.15) is 26.2 Å². The molecule has 128 valence electrons. The molecule has 8 nitrogen and oxygen atoms in total. The zero-order valence-electron chi connectivity index (χ0n) is 12.9. The second-order valence-corrected chi connectivity index (χ2v) is 6.06.